The van der Waals surface area contributed by atoms with Crippen LogP contribution in [0.1, 0.15) is 27.4 Å². The van der Waals surface area contributed by atoms with Crippen LogP contribution in [0.2, 0.25) is 5.02 Å². The van der Waals surface area contributed by atoms with Crippen molar-refractivity contribution in [3.8, 4) is 16.9 Å². The Labute approximate surface area is 196 Å². The number of rotatable bonds is 5. The van der Waals surface area contributed by atoms with Gasteiger partial charge in [0.25, 0.3) is 11.6 Å². The molecule has 0 bridgehead atoms. The Hall–Kier alpha value is -3.63. The number of fused-ring (bicyclic) bond motifs is 1. The summed E-state index contributed by atoms with van der Waals surface area (Å²) >= 11 is 8.03. The van der Waals surface area contributed by atoms with Crippen molar-refractivity contribution < 1.29 is 14.2 Å². The molecule has 3 heterocycles. The summed E-state index contributed by atoms with van der Waals surface area (Å²) in [7, 11) is 0. The number of nitro benzene ring substituents is 1. The molecule has 11 heteroatoms. The molecule has 1 aliphatic heterocycles. The predicted octanol–water partition coefficient (Wildman–Crippen LogP) is 5.40. The quantitative estimate of drug-likeness (QED) is 0.299. The number of nitrogens with one attached hydrogen (secondary N) is 1. The largest absolute Gasteiger partial charge is 0.360 e. The van der Waals surface area contributed by atoms with E-state index in [9.17, 15) is 14.9 Å². The number of carbonyl (C=O) groups excluding carboxylic acids is 1. The molecule has 0 saturated carbocycles. The van der Waals surface area contributed by atoms with E-state index in [1.54, 1.807) is 59.8 Å². The van der Waals surface area contributed by atoms with Gasteiger partial charge in [-0.25, -0.2) is 4.68 Å². The normalized spacial score (nSPS) is 12.5. The molecule has 166 valence electrons. The summed E-state index contributed by atoms with van der Waals surface area (Å²) in [6, 6.07) is 13.1. The van der Waals surface area contributed by atoms with Gasteiger partial charge in [0, 0.05) is 34.8 Å². The molecule has 0 fully saturated rings. The third kappa shape index (κ3) is 3.77. The van der Waals surface area contributed by atoms with Crippen LogP contribution in [0.4, 0.5) is 11.5 Å². The van der Waals surface area contributed by atoms with Crippen molar-refractivity contribution in [3.63, 3.8) is 0 Å². The molecular weight excluding hydrogens is 466 g/mol. The number of thioether (sulfide) groups is 1. The minimum absolute atomic E-state index is 0.0240. The molecule has 1 aliphatic rings. The zero-order valence-corrected chi connectivity index (χ0v) is 18.8. The first-order valence-corrected chi connectivity index (χ1v) is 11.4. The lowest BCUT2D eigenvalue weighted by atomic mass is 10.1. The maximum Gasteiger partial charge on any atom is 0.269 e. The van der Waals surface area contributed by atoms with E-state index in [-0.39, 0.29) is 11.3 Å². The number of aromatic nitrogens is 3. The molecule has 0 unspecified atom stereocenters. The lowest BCUT2D eigenvalue weighted by molar-refractivity contribution is -0.384. The number of nitrogens with zero attached hydrogens (tertiary/aromatic N) is 4. The zero-order chi connectivity index (χ0) is 23.1. The molecule has 5 rings (SSSR count). The summed E-state index contributed by atoms with van der Waals surface area (Å²) in [5.41, 5.74) is 3.57. The maximum absolute atomic E-state index is 13.4. The number of carbonyl (C=O) groups is 1. The van der Waals surface area contributed by atoms with Crippen LogP contribution in [0.25, 0.3) is 16.9 Å². The Morgan fingerprint density at radius 1 is 1.21 bits per heavy atom. The van der Waals surface area contributed by atoms with E-state index in [2.05, 4.69) is 15.6 Å². The van der Waals surface area contributed by atoms with Gasteiger partial charge in [0.2, 0.25) is 0 Å². The molecule has 2 aromatic heterocycles. The number of amides is 1. The summed E-state index contributed by atoms with van der Waals surface area (Å²) in [6.45, 7) is 1.66. The van der Waals surface area contributed by atoms with Crippen LogP contribution in [0.5, 0.6) is 0 Å². The van der Waals surface area contributed by atoms with Crippen LogP contribution in [-0.2, 0) is 11.5 Å². The van der Waals surface area contributed by atoms with Crippen LogP contribution in [0.15, 0.2) is 53.1 Å². The SMILES string of the molecule is Cc1onc(-c2ccccc2Cl)c1C(=O)Nc1c2c(nn1-c1ccc([N+](=O)[O-])cc1)CSC2. The second kappa shape index (κ2) is 8.38. The summed E-state index contributed by atoms with van der Waals surface area (Å²) in [5, 5.41) is 23.1. The highest BCUT2D eigenvalue weighted by Gasteiger charge is 2.28. The van der Waals surface area contributed by atoms with Crippen LogP contribution in [0, 0.1) is 17.0 Å². The average molecular weight is 482 g/mol. The fourth-order valence-corrected chi connectivity index (χ4v) is 4.95. The highest BCUT2D eigenvalue weighted by atomic mass is 35.5. The van der Waals surface area contributed by atoms with Crippen LogP contribution in [-0.4, -0.2) is 25.8 Å². The van der Waals surface area contributed by atoms with Gasteiger partial charge in [-0.2, -0.15) is 16.9 Å². The lowest BCUT2D eigenvalue weighted by Gasteiger charge is -2.11. The second-order valence-electron chi connectivity index (χ2n) is 7.35. The highest BCUT2D eigenvalue weighted by Crippen LogP contribution is 2.37. The smallest absolute Gasteiger partial charge is 0.269 e. The molecule has 0 saturated heterocycles. The van der Waals surface area contributed by atoms with Gasteiger partial charge in [-0.3, -0.25) is 14.9 Å². The summed E-state index contributed by atoms with van der Waals surface area (Å²) in [6.07, 6.45) is 0. The van der Waals surface area contributed by atoms with E-state index in [1.165, 1.54) is 12.1 Å². The van der Waals surface area contributed by atoms with Crippen molar-refractivity contribution >= 4 is 40.8 Å². The molecule has 0 spiro atoms. The number of non-ortho nitro benzene ring substituents is 1. The van der Waals surface area contributed by atoms with E-state index in [0.29, 0.717) is 39.3 Å². The Morgan fingerprint density at radius 3 is 2.70 bits per heavy atom. The number of nitro groups is 1. The predicted molar refractivity (Wildman–Crippen MR) is 125 cm³/mol. The standard InChI is InChI=1S/C22H16ClN5O4S/c1-12-19(20(26-32-12)15-4-2-3-5-17(15)23)22(29)24-21-16-10-33-11-18(16)25-27(21)13-6-8-14(9-7-13)28(30)31/h2-9H,10-11H2,1H3,(H,24,29). The molecule has 1 amide bonds. The molecule has 2 aromatic carbocycles. The summed E-state index contributed by atoms with van der Waals surface area (Å²) < 4.78 is 6.93. The number of halogens is 1. The van der Waals surface area contributed by atoms with E-state index in [1.807, 2.05) is 0 Å². The van der Waals surface area contributed by atoms with Crippen LogP contribution >= 0.6 is 23.4 Å². The molecule has 1 N–H and O–H groups in total. The van der Waals surface area contributed by atoms with Gasteiger partial charge in [0.1, 0.15) is 22.8 Å². The molecule has 9 nitrogen and oxygen atoms in total. The number of anilines is 1. The first kappa shape index (κ1) is 21.2. The van der Waals surface area contributed by atoms with Gasteiger partial charge in [-0.05, 0) is 25.1 Å². The third-order valence-corrected chi connectivity index (χ3v) is 6.61. The Balaban J connectivity index is 1.55. The van der Waals surface area contributed by atoms with E-state index in [4.69, 9.17) is 16.1 Å². The van der Waals surface area contributed by atoms with Crippen molar-refractivity contribution in [2.45, 2.75) is 18.4 Å². The van der Waals surface area contributed by atoms with Crippen LogP contribution in [0.3, 0.4) is 0 Å². The number of aryl methyl sites for hydroxylation is 1. The van der Waals surface area contributed by atoms with Crippen molar-refractivity contribution in [3.05, 3.63) is 86.2 Å². The number of benzene rings is 2. The van der Waals surface area contributed by atoms with Crippen molar-refractivity contribution in [2.75, 3.05) is 5.32 Å². The topological polar surface area (TPSA) is 116 Å². The first-order chi connectivity index (χ1) is 15.9. The average Bonchev–Trinajstić information content (AvgIpc) is 3.50. The number of hydrogen-bond acceptors (Lipinski definition) is 7. The Morgan fingerprint density at radius 2 is 1.97 bits per heavy atom. The van der Waals surface area contributed by atoms with Gasteiger partial charge in [0.05, 0.1) is 21.3 Å². The third-order valence-electron chi connectivity index (χ3n) is 5.31. The molecule has 0 atom stereocenters. The molecule has 4 aromatic rings. The number of hydrogen-bond donors (Lipinski definition) is 1. The fraction of sp³-hybridized carbons (Fsp3) is 0.136. The van der Waals surface area contributed by atoms with E-state index in [0.717, 1.165) is 17.0 Å². The minimum atomic E-state index is -0.461. The zero-order valence-electron chi connectivity index (χ0n) is 17.2. The van der Waals surface area contributed by atoms with Gasteiger partial charge in [0.15, 0.2) is 0 Å². The summed E-state index contributed by atoms with van der Waals surface area (Å²) in [5.74, 6) is 1.87. The molecule has 0 aliphatic carbocycles. The minimum Gasteiger partial charge on any atom is -0.360 e. The van der Waals surface area contributed by atoms with Gasteiger partial charge >= 0.3 is 0 Å². The monoisotopic (exact) mass is 481 g/mol. The van der Waals surface area contributed by atoms with Crippen LogP contribution < -0.4 is 5.32 Å². The van der Waals surface area contributed by atoms with E-state index < -0.39 is 10.8 Å². The Bertz CT molecular complexity index is 1400. The van der Waals surface area contributed by atoms with E-state index >= 15 is 0 Å². The Kier molecular flexibility index (Phi) is 5.39. The summed E-state index contributed by atoms with van der Waals surface area (Å²) in [4.78, 5) is 24.0. The lowest BCUT2D eigenvalue weighted by Crippen LogP contribution is -2.17. The first-order valence-electron chi connectivity index (χ1n) is 9.90. The van der Waals surface area contributed by atoms with Crippen molar-refractivity contribution in [1.82, 2.24) is 14.9 Å². The molecular formula is C22H16ClN5O4S. The fourth-order valence-electron chi connectivity index (χ4n) is 3.69. The van der Waals surface area contributed by atoms with Gasteiger partial charge in [-0.15, -0.1) is 0 Å². The maximum atomic E-state index is 13.4. The molecule has 0 radical (unpaired) electrons. The van der Waals surface area contributed by atoms with Gasteiger partial charge < -0.3 is 9.84 Å². The second-order valence-corrected chi connectivity index (χ2v) is 8.74. The van der Waals surface area contributed by atoms with Crippen molar-refractivity contribution in [1.29, 1.82) is 0 Å². The highest BCUT2D eigenvalue weighted by molar-refractivity contribution is 7.98. The van der Waals surface area contributed by atoms with Crippen molar-refractivity contribution in [2.24, 2.45) is 0 Å². The van der Waals surface area contributed by atoms with Gasteiger partial charge in [-0.1, -0.05) is 35.0 Å². The molecule has 33 heavy (non-hydrogen) atoms.